The van der Waals surface area contributed by atoms with Gasteiger partial charge in [0.25, 0.3) is 5.25 Å². The van der Waals surface area contributed by atoms with Crippen molar-refractivity contribution in [3.63, 3.8) is 0 Å². The topological polar surface area (TPSA) is 46.2 Å². The molecule has 1 atom stereocenters. The molecule has 69 valence electrons. The quantitative estimate of drug-likeness (QED) is 0.690. The van der Waals surface area contributed by atoms with E-state index in [-0.39, 0.29) is 0 Å². The summed E-state index contributed by atoms with van der Waals surface area (Å²) >= 11 is 0.324. The molecule has 0 saturated carbocycles. The summed E-state index contributed by atoms with van der Waals surface area (Å²) in [7, 11) is 1.55. The zero-order chi connectivity index (χ0) is 9.68. The fraction of sp³-hybridized carbons (Fsp3) is 0.333. The molecule has 0 spiro atoms. The first-order valence-electron chi connectivity index (χ1n) is 3.82. The van der Waals surface area contributed by atoms with Crippen LogP contribution in [0.1, 0.15) is 10.8 Å². The Labute approximate surface area is 80.8 Å². The molecule has 0 heterocycles. The van der Waals surface area contributed by atoms with Crippen LogP contribution in [0.3, 0.4) is 0 Å². The van der Waals surface area contributed by atoms with E-state index in [2.05, 4.69) is 0 Å². The minimum Gasteiger partial charge on any atom is -0.497 e. The molecule has 0 aliphatic carbocycles. The van der Waals surface area contributed by atoms with Gasteiger partial charge in [-0.3, -0.25) is 0 Å². The van der Waals surface area contributed by atoms with Crippen LogP contribution in [-0.2, 0) is 21.0 Å². The van der Waals surface area contributed by atoms with Gasteiger partial charge in [0.2, 0.25) is 0 Å². The molecule has 1 aromatic carbocycles. The van der Waals surface area contributed by atoms with Crippen molar-refractivity contribution in [3.05, 3.63) is 29.8 Å². The average molecular weight is 198 g/mol. The summed E-state index contributed by atoms with van der Waals surface area (Å²) in [6.45, 7) is -0.401. The first kappa shape index (κ1) is 10.1. The number of hydrogen-bond acceptors (Lipinski definition) is 2. The molecule has 0 amide bonds. The van der Waals surface area contributed by atoms with Crippen LogP contribution in [0.25, 0.3) is 0 Å². The van der Waals surface area contributed by atoms with Gasteiger partial charge in [-0.25, -0.2) is 5.11 Å². The minimum absolute atomic E-state index is 0.324. The van der Waals surface area contributed by atoms with E-state index in [1.807, 2.05) is 0 Å². The summed E-state index contributed by atoms with van der Waals surface area (Å²) in [5.41, 5.74) is 0.731. The van der Waals surface area contributed by atoms with E-state index in [1.165, 1.54) is 0 Å². The fourth-order valence-corrected chi connectivity index (χ4v) is 1.33. The molecule has 1 aromatic rings. The lowest BCUT2D eigenvalue weighted by atomic mass is 10.1. The lowest BCUT2D eigenvalue weighted by molar-refractivity contribution is 0.193. The standard InChI is InChI=1S/C9H10O3S/c1-12-8-4-2-3-7(5-8)9(6-10)13-11/h2-5,9H,6H2,1H3/q+1. The maximum Gasteiger partial charge on any atom is 0.469 e. The van der Waals surface area contributed by atoms with E-state index in [4.69, 9.17) is 4.74 Å². The second-order valence-electron chi connectivity index (χ2n) is 2.53. The molecule has 1 unspecified atom stereocenters. The first-order valence-corrected chi connectivity index (χ1v) is 4.63. The minimum atomic E-state index is -0.518. The van der Waals surface area contributed by atoms with Crippen LogP contribution < -0.4 is 4.74 Å². The Hall–Kier alpha value is -1.00. The van der Waals surface area contributed by atoms with Gasteiger partial charge < -0.3 is 4.74 Å². The molecule has 3 nitrogen and oxygen atoms in total. The number of rotatable bonds is 4. The van der Waals surface area contributed by atoms with Crippen molar-refractivity contribution >= 4 is 11.7 Å². The van der Waals surface area contributed by atoms with Crippen LogP contribution in [0.15, 0.2) is 24.3 Å². The Bertz CT molecular complexity index is 288. The second kappa shape index (κ2) is 4.89. The Kier molecular flexibility index (Phi) is 3.79. The van der Waals surface area contributed by atoms with Gasteiger partial charge in [0.05, 0.1) is 7.11 Å². The highest BCUT2D eigenvalue weighted by molar-refractivity contribution is 7.65. The van der Waals surface area contributed by atoms with Gasteiger partial charge >= 0.3 is 11.7 Å². The molecule has 13 heavy (non-hydrogen) atoms. The molecule has 4 heteroatoms. The molecule has 0 bridgehead atoms. The van der Waals surface area contributed by atoms with Gasteiger partial charge in [-0.2, -0.15) is 0 Å². The van der Waals surface area contributed by atoms with Crippen molar-refractivity contribution in [2.24, 2.45) is 0 Å². The first-order chi connectivity index (χ1) is 6.31. The summed E-state index contributed by atoms with van der Waals surface area (Å²) in [6.07, 6.45) is 0. The molecule has 1 radical (unpaired) electrons. The fourth-order valence-electron chi connectivity index (χ4n) is 1.02. The van der Waals surface area contributed by atoms with Crippen LogP contribution in [0.2, 0.25) is 0 Å². The van der Waals surface area contributed by atoms with Crippen LogP contribution in [0.5, 0.6) is 5.75 Å². The highest BCUT2D eigenvalue weighted by atomic mass is 32.1. The second-order valence-corrected chi connectivity index (χ2v) is 3.29. The van der Waals surface area contributed by atoms with E-state index in [0.29, 0.717) is 17.4 Å². The van der Waals surface area contributed by atoms with Gasteiger partial charge in [-0.1, -0.05) is 12.1 Å². The zero-order valence-electron chi connectivity index (χ0n) is 7.23. The van der Waals surface area contributed by atoms with Crippen LogP contribution in [0, 0.1) is 0 Å². The molecule has 0 aliphatic rings. The van der Waals surface area contributed by atoms with Gasteiger partial charge in [0.15, 0.2) is 0 Å². The lowest BCUT2D eigenvalue weighted by Gasteiger charge is -2.01. The summed E-state index contributed by atoms with van der Waals surface area (Å²) in [4.78, 5) is 0. The third kappa shape index (κ3) is 2.47. The van der Waals surface area contributed by atoms with E-state index in [9.17, 15) is 9.32 Å². The van der Waals surface area contributed by atoms with Crippen molar-refractivity contribution in [1.29, 1.82) is 0 Å². The summed E-state index contributed by atoms with van der Waals surface area (Å²) < 4.78 is 15.5. The zero-order valence-corrected chi connectivity index (χ0v) is 8.04. The molecule has 0 N–H and O–H groups in total. The van der Waals surface area contributed by atoms with Gasteiger partial charge in [0.1, 0.15) is 12.4 Å². The van der Waals surface area contributed by atoms with E-state index in [1.54, 1.807) is 31.4 Å². The van der Waals surface area contributed by atoms with E-state index >= 15 is 0 Å². The number of ether oxygens (including phenoxy) is 1. The molecule has 0 aromatic heterocycles. The highest BCUT2D eigenvalue weighted by Gasteiger charge is 2.23. The summed E-state index contributed by atoms with van der Waals surface area (Å²) in [5.74, 6) is 0.671. The Morgan fingerprint density at radius 3 is 2.85 bits per heavy atom. The van der Waals surface area contributed by atoms with Crippen molar-refractivity contribution in [1.82, 2.24) is 0 Å². The molecular weight excluding hydrogens is 188 g/mol. The lowest BCUT2D eigenvalue weighted by Crippen LogP contribution is -2.00. The van der Waals surface area contributed by atoms with Crippen molar-refractivity contribution in [3.8, 4) is 5.75 Å². The van der Waals surface area contributed by atoms with Gasteiger partial charge in [0, 0.05) is 9.77 Å². The normalized spacial score (nSPS) is 12.2. The monoisotopic (exact) mass is 198 g/mol. The van der Waals surface area contributed by atoms with Crippen molar-refractivity contribution in [2.75, 3.05) is 13.7 Å². The molecule has 0 saturated heterocycles. The van der Waals surface area contributed by atoms with Crippen LogP contribution >= 0.6 is 0 Å². The Morgan fingerprint density at radius 1 is 1.54 bits per heavy atom. The Morgan fingerprint density at radius 2 is 2.31 bits per heavy atom. The van der Waals surface area contributed by atoms with E-state index in [0.717, 1.165) is 5.56 Å². The average Bonchev–Trinajstić information content (AvgIpc) is 2.20. The molecule has 1 rings (SSSR count). The van der Waals surface area contributed by atoms with Crippen molar-refractivity contribution < 1.29 is 14.1 Å². The van der Waals surface area contributed by atoms with Crippen molar-refractivity contribution in [2.45, 2.75) is 5.25 Å². The van der Waals surface area contributed by atoms with E-state index < -0.39 is 11.9 Å². The number of benzene rings is 1. The summed E-state index contributed by atoms with van der Waals surface area (Å²) in [6, 6.07) is 7.03. The predicted molar refractivity (Wildman–Crippen MR) is 49.3 cm³/mol. The maximum absolute atomic E-state index is 10.6. The molecular formula is C9H10O3S+. The molecule has 0 fully saturated rings. The third-order valence-electron chi connectivity index (χ3n) is 1.73. The Balaban J connectivity index is 2.92. The van der Waals surface area contributed by atoms with Crippen LogP contribution in [0.4, 0.5) is 0 Å². The largest absolute Gasteiger partial charge is 0.497 e. The molecule has 0 aliphatic heterocycles. The SMILES string of the molecule is COc1cccc(C(C[O])[S+]=O)c1. The highest BCUT2D eigenvalue weighted by Crippen LogP contribution is 2.20. The smallest absolute Gasteiger partial charge is 0.469 e. The number of methoxy groups -OCH3 is 1. The summed E-state index contributed by atoms with van der Waals surface area (Å²) in [5, 5.41) is 10.1. The van der Waals surface area contributed by atoms with Gasteiger partial charge in [-0.05, 0) is 12.1 Å². The maximum atomic E-state index is 10.6. The van der Waals surface area contributed by atoms with Gasteiger partial charge in [-0.15, -0.1) is 0 Å². The number of hydrogen-bond donors (Lipinski definition) is 0. The van der Waals surface area contributed by atoms with Crippen LogP contribution in [-0.4, -0.2) is 13.7 Å². The third-order valence-corrected chi connectivity index (χ3v) is 2.37. The predicted octanol–water partition coefficient (Wildman–Crippen LogP) is 1.59.